The van der Waals surface area contributed by atoms with Gasteiger partial charge >= 0.3 is 0 Å². The zero-order chi connectivity index (χ0) is 16.1. The minimum absolute atomic E-state index is 0.149. The average Bonchev–Trinajstić information content (AvgIpc) is 2.49. The van der Waals surface area contributed by atoms with Crippen LogP contribution in [-0.4, -0.2) is 13.0 Å². The number of halogens is 1. The molecule has 0 unspecified atom stereocenters. The van der Waals surface area contributed by atoms with Gasteiger partial charge in [0.2, 0.25) is 5.91 Å². The number of anilines is 1. The fourth-order valence-electron chi connectivity index (χ4n) is 2.13. The summed E-state index contributed by atoms with van der Waals surface area (Å²) in [5.74, 6) is 0.612. The van der Waals surface area contributed by atoms with Gasteiger partial charge in [0.25, 0.3) is 0 Å². The predicted octanol–water partition coefficient (Wildman–Crippen LogP) is 4.73. The molecule has 2 rings (SSSR count). The van der Waals surface area contributed by atoms with Crippen LogP contribution in [0.1, 0.15) is 16.7 Å². The summed E-state index contributed by atoms with van der Waals surface area (Å²) in [6.45, 7) is 3.96. The van der Waals surface area contributed by atoms with Crippen molar-refractivity contribution in [3.8, 4) is 5.75 Å². The van der Waals surface area contributed by atoms with E-state index in [0.29, 0.717) is 0 Å². The molecule has 0 heterocycles. The highest BCUT2D eigenvalue weighted by molar-refractivity contribution is 9.10. The molecule has 0 aromatic heterocycles. The summed E-state index contributed by atoms with van der Waals surface area (Å²) >= 11 is 3.43. The number of aryl methyl sites for hydroxylation is 2. The molecule has 1 N–H and O–H groups in total. The SMILES string of the molecule is COc1ccc(C=CC(=O)Nc2c(C)cccc2C)cc1Br. The lowest BCUT2D eigenvalue weighted by Gasteiger charge is -2.09. The highest BCUT2D eigenvalue weighted by Gasteiger charge is 2.05. The number of hydrogen-bond donors (Lipinski definition) is 1. The Morgan fingerprint density at radius 3 is 2.45 bits per heavy atom. The first-order valence-electron chi connectivity index (χ1n) is 6.90. The van der Waals surface area contributed by atoms with Crippen LogP contribution in [0, 0.1) is 13.8 Å². The van der Waals surface area contributed by atoms with Crippen molar-refractivity contribution in [1.82, 2.24) is 0 Å². The van der Waals surface area contributed by atoms with Gasteiger partial charge in [-0.05, 0) is 64.7 Å². The Labute approximate surface area is 139 Å². The standard InChI is InChI=1S/C18H18BrNO2/c1-12-5-4-6-13(2)18(12)20-17(21)10-8-14-7-9-16(22-3)15(19)11-14/h4-11H,1-3H3,(H,20,21). The first kappa shape index (κ1) is 16.3. The molecule has 0 radical (unpaired) electrons. The van der Waals surface area contributed by atoms with E-state index in [0.717, 1.165) is 32.6 Å². The van der Waals surface area contributed by atoms with Gasteiger partial charge < -0.3 is 10.1 Å². The Bertz CT molecular complexity index is 703. The van der Waals surface area contributed by atoms with Crippen LogP contribution in [0.5, 0.6) is 5.75 Å². The van der Waals surface area contributed by atoms with E-state index in [9.17, 15) is 4.79 Å². The number of nitrogens with one attached hydrogen (secondary N) is 1. The lowest BCUT2D eigenvalue weighted by Crippen LogP contribution is -2.10. The molecule has 2 aromatic rings. The maximum atomic E-state index is 12.1. The van der Waals surface area contributed by atoms with Crippen molar-refractivity contribution >= 4 is 33.6 Å². The van der Waals surface area contributed by atoms with E-state index in [4.69, 9.17) is 4.74 Å². The van der Waals surface area contributed by atoms with Crippen molar-refractivity contribution in [2.75, 3.05) is 12.4 Å². The normalized spacial score (nSPS) is 10.7. The molecule has 4 heteroatoms. The molecule has 1 amide bonds. The summed E-state index contributed by atoms with van der Waals surface area (Å²) in [7, 11) is 1.62. The number of para-hydroxylation sites is 1. The molecule has 0 spiro atoms. The zero-order valence-corrected chi connectivity index (χ0v) is 14.4. The molecule has 0 atom stereocenters. The zero-order valence-electron chi connectivity index (χ0n) is 12.8. The third kappa shape index (κ3) is 3.98. The highest BCUT2D eigenvalue weighted by Crippen LogP contribution is 2.26. The quantitative estimate of drug-likeness (QED) is 0.801. The fourth-order valence-corrected chi connectivity index (χ4v) is 2.69. The van der Waals surface area contributed by atoms with Gasteiger partial charge in [-0.15, -0.1) is 0 Å². The van der Waals surface area contributed by atoms with Crippen LogP contribution in [0.25, 0.3) is 6.08 Å². The average molecular weight is 360 g/mol. The van der Waals surface area contributed by atoms with Gasteiger partial charge in [-0.25, -0.2) is 0 Å². The van der Waals surface area contributed by atoms with Gasteiger partial charge in [-0.1, -0.05) is 24.3 Å². The lowest BCUT2D eigenvalue weighted by atomic mass is 10.1. The molecule has 0 saturated heterocycles. The molecule has 114 valence electrons. The van der Waals surface area contributed by atoms with Gasteiger partial charge in [0, 0.05) is 11.8 Å². The van der Waals surface area contributed by atoms with Gasteiger partial charge in [-0.3, -0.25) is 4.79 Å². The predicted molar refractivity (Wildman–Crippen MR) is 94.3 cm³/mol. The van der Waals surface area contributed by atoms with E-state index in [-0.39, 0.29) is 5.91 Å². The van der Waals surface area contributed by atoms with E-state index in [2.05, 4.69) is 21.2 Å². The maximum Gasteiger partial charge on any atom is 0.248 e. The largest absolute Gasteiger partial charge is 0.496 e. The molecule has 0 aliphatic carbocycles. The van der Waals surface area contributed by atoms with E-state index in [1.165, 1.54) is 6.08 Å². The second kappa shape index (κ2) is 7.27. The third-order valence-electron chi connectivity index (χ3n) is 3.33. The van der Waals surface area contributed by atoms with E-state index in [1.54, 1.807) is 13.2 Å². The second-order valence-corrected chi connectivity index (χ2v) is 5.84. The van der Waals surface area contributed by atoms with E-state index < -0.39 is 0 Å². The van der Waals surface area contributed by atoms with Crippen molar-refractivity contribution in [2.45, 2.75) is 13.8 Å². The smallest absolute Gasteiger partial charge is 0.248 e. The third-order valence-corrected chi connectivity index (χ3v) is 3.95. The first-order chi connectivity index (χ1) is 10.5. The summed E-state index contributed by atoms with van der Waals surface area (Å²) in [6, 6.07) is 11.6. The summed E-state index contributed by atoms with van der Waals surface area (Å²) in [5, 5.41) is 2.92. The maximum absolute atomic E-state index is 12.1. The molecule has 22 heavy (non-hydrogen) atoms. The molecule has 3 nitrogen and oxygen atoms in total. The van der Waals surface area contributed by atoms with E-state index in [1.807, 2.05) is 50.2 Å². The van der Waals surface area contributed by atoms with Crippen molar-refractivity contribution in [2.24, 2.45) is 0 Å². The van der Waals surface area contributed by atoms with Gasteiger partial charge in [0.15, 0.2) is 0 Å². The van der Waals surface area contributed by atoms with Crippen molar-refractivity contribution in [3.05, 3.63) is 63.6 Å². The molecular weight excluding hydrogens is 342 g/mol. The van der Waals surface area contributed by atoms with Crippen LogP contribution in [0.15, 0.2) is 46.9 Å². The summed E-state index contributed by atoms with van der Waals surface area (Å²) in [4.78, 5) is 12.1. The number of hydrogen-bond acceptors (Lipinski definition) is 2. The van der Waals surface area contributed by atoms with E-state index >= 15 is 0 Å². The number of carbonyl (C=O) groups excluding carboxylic acids is 1. The fraction of sp³-hybridized carbons (Fsp3) is 0.167. The Balaban J connectivity index is 2.10. The number of ether oxygens (including phenoxy) is 1. The molecule has 0 bridgehead atoms. The van der Waals surface area contributed by atoms with Crippen LogP contribution in [0.2, 0.25) is 0 Å². The number of methoxy groups -OCH3 is 1. The van der Waals surface area contributed by atoms with Crippen LogP contribution >= 0.6 is 15.9 Å². The first-order valence-corrected chi connectivity index (χ1v) is 7.69. The van der Waals surface area contributed by atoms with Crippen molar-refractivity contribution < 1.29 is 9.53 Å². The molecule has 0 aliphatic rings. The van der Waals surface area contributed by atoms with Crippen LogP contribution < -0.4 is 10.1 Å². The van der Waals surface area contributed by atoms with Gasteiger partial charge in [-0.2, -0.15) is 0 Å². The minimum atomic E-state index is -0.149. The summed E-state index contributed by atoms with van der Waals surface area (Å²) in [5.41, 5.74) is 3.89. The number of carbonyl (C=O) groups is 1. The molecule has 0 fully saturated rings. The Morgan fingerprint density at radius 1 is 1.18 bits per heavy atom. The highest BCUT2D eigenvalue weighted by atomic mass is 79.9. The molecule has 2 aromatic carbocycles. The van der Waals surface area contributed by atoms with Crippen molar-refractivity contribution in [3.63, 3.8) is 0 Å². The van der Waals surface area contributed by atoms with Crippen molar-refractivity contribution in [1.29, 1.82) is 0 Å². The molecular formula is C18H18BrNO2. The lowest BCUT2D eigenvalue weighted by molar-refractivity contribution is -0.111. The van der Waals surface area contributed by atoms with Crippen LogP contribution in [0.4, 0.5) is 5.69 Å². The Morgan fingerprint density at radius 2 is 1.86 bits per heavy atom. The topological polar surface area (TPSA) is 38.3 Å². The van der Waals surface area contributed by atoms with Crippen LogP contribution in [0.3, 0.4) is 0 Å². The van der Waals surface area contributed by atoms with Gasteiger partial charge in [0.1, 0.15) is 5.75 Å². The van der Waals surface area contributed by atoms with Gasteiger partial charge in [0.05, 0.1) is 11.6 Å². The summed E-state index contributed by atoms with van der Waals surface area (Å²) < 4.78 is 6.03. The van der Waals surface area contributed by atoms with Crippen LogP contribution in [-0.2, 0) is 4.79 Å². The second-order valence-electron chi connectivity index (χ2n) is 4.98. The number of rotatable bonds is 4. The Kier molecular flexibility index (Phi) is 5.39. The summed E-state index contributed by atoms with van der Waals surface area (Å²) in [6.07, 6.45) is 3.30. The molecule has 0 saturated carbocycles. The number of benzene rings is 2. The monoisotopic (exact) mass is 359 g/mol. The number of amides is 1. The minimum Gasteiger partial charge on any atom is -0.496 e. The Hall–Kier alpha value is -2.07. The molecule has 0 aliphatic heterocycles.